The first-order chi connectivity index (χ1) is 12.1. The van der Waals surface area contributed by atoms with Crippen LogP contribution >= 0.6 is 15.9 Å². The average molecular weight is 447 g/mol. The number of nitrogens with one attached hydrogen (secondary N) is 2. The van der Waals surface area contributed by atoms with Gasteiger partial charge in [0, 0.05) is 21.4 Å². The van der Waals surface area contributed by atoms with Crippen LogP contribution in [0.5, 0.6) is 0 Å². The highest BCUT2D eigenvalue weighted by Crippen LogP contribution is 2.34. The number of aromatic nitrogens is 1. The largest absolute Gasteiger partial charge is 0.417 e. The third-order valence-corrected chi connectivity index (χ3v) is 5.60. The second-order valence-electron chi connectivity index (χ2n) is 5.34. The Kier molecular flexibility index (Phi) is 4.57. The van der Waals surface area contributed by atoms with Gasteiger partial charge in [0.15, 0.2) is 0 Å². The molecule has 10 heteroatoms. The number of H-pyrrole nitrogens is 1. The maximum atomic E-state index is 13.2. The fourth-order valence-electron chi connectivity index (χ4n) is 2.38. The first-order valence-corrected chi connectivity index (χ1v) is 9.37. The van der Waals surface area contributed by atoms with Crippen molar-refractivity contribution in [2.75, 3.05) is 4.72 Å². The van der Waals surface area contributed by atoms with Crippen LogP contribution in [0.1, 0.15) is 5.56 Å². The normalized spacial score (nSPS) is 12.3. The second kappa shape index (κ2) is 6.44. The zero-order chi connectivity index (χ0) is 19.1. The van der Waals surface area contributed by atoms with Gasteiger partial charge in [-0.15, -0.1) is 0 Å². The van der Waals surface area contributed by atoms with Crippen LogP contribution in [-0.4, -0.2) is 13.4 Å². The number of sulfonamides is 1. The van der Waals surface area contributed by atoms with Gasteiger partial charge in [-0.05, 0) is 46.3 Å². The summed E-state index contributed by atoms with van der Waals surface area (Å²) < 4.78 is 67.5. The Morgan fingerprint density at radius 2 is 1.73 bits per heavy atom. The minimum absolute atomic E-state index is 0.107. The number of anilines is 1. The number of rotatable bonds is 3. The van der Waals surface area contributed by atoms with Crippen molar-refractivity contribution in [1.29, 1.82) is 0 Å². The molecule has 0 saturated heterocycles. The van der Waals surface area contributed by atoms with Gasteiger partial charge in [-0.1, -0.05) is 12.1 Å². The highest BCUT2D eigenvalue weighted by atomic mass is 79.9. The van der Waals surface area contributed by atoms with E-state index in [4.69, 9.17) is 0 Å². The molecule has 1 aromatic heterocycles. The average Bonchev–Trinajstić information content (AvgIpc) is 2.54. The lowest BCUT2D eigenvalue weighted by molar-refractivity contribution is -0.136. The summed E-state index contributed by atoms with van der Waals surface area (Å²) in [6.07, 6.45) is -4.80. The fourth-order valence-corrected chi connectivity index (χ4v) is 4.00. The Balaban J connectivity index is 2.15. The molecule has 0 aliphatic heterocycles. The minimum Gasteiger partial charge on any atom is -0.322 e. The second-order valence-corrected chi connectivity index (χ2v) is 7.87. The van der Waals surface area contributed by atoms with Crippen LogP contribution in [0.3, 0.4) is 0 Å². The van der Waals surface area contributed by atoms with Gasteiger partial charge in [0.2, 0.25) is 5.56 Å². The quantitative estimate of drug-likeness (QED) is 0.635. The number of hydrogen-bond donors (Lipinski definition) is 2. The lowest BCUT2D eigenvalue weighted by atomic mass is 10.1. The third-order valence-electron chi connectivity index (χ3n) is 3.55. The van der Waals surface area contributed by atoms with Crippen molar-refractivity contribution in [2.24, 2.45) is 0 Å². The van der Waals surface area contributed by atoms with E-state index in [0.717, 1.165) is 18.2 Å². The zero-order valence-corrected chi connectivity index (χ0v) is 15.2. The lowest BCUT2D eigenvalue weighted by Gasteiger charge is -2.13. The van der Waals surface area contributed by atoms with Crippen LogP contribution in [0, 0.1) is 0 Å². The Bertz CT molecular complexity index is 1160. The summed E-state index contributed by atoms with van der Waals surface area (Å²) in [6, 6.07) is 9.94. The van der Waals surface area contributed by atoms with Gasteiger partial charge in [0.25, 0.3) is 10.0 Å². The smallest absolute Gasteiger partial charge is 0.322 e. The topological polar surface area (TPSA) is 79.0 Å². The van der Waals surface area contributed by atoms with E-state index in [1.165, 1.54) is 6.07 Å². The molecule has 5 nitrogen and oxygen atoms in total. The fraction of sp³-hybridized carbons (Fsp3) is 0.0625. The van der Waals surface area contributed by atoms with Crippen molar-refractivity contribution in [3.05, 3.63) is 68.9 Å². The van der Waals surface area contributed by atoms with E-state index < -0.39 is 32.7 Å². The van der Waals surface area contributed by atoms with E-state index >= 15 is 0 Å². The summed E-state index contributed by atoms with van der Waals surface area (Å²) in [5.74, 6) is 0. The summed E-state index contributed by atoms with van der Waals surface area (Å²) in [6.45, 7) is 0. The zero-order valence-electron chi connectivity index (χ0n) is 12.8. The molecule has 1 heterocycles. The van der Waals surface area contributed by atoms with Crippen molar-refractivity contribution in [3.63, 3.8) is 0 Å². The number of halogens is 4. The summed E-state index contributed by atoms with van der Waals surface area (Å²) in [5, 5.41) is -0.410. The summed E-state index contributed by atoms with van der Waals surface area (Å²) >= 11 is 3.19. The molecular weight excluding hydrogens is 437 g/mol. The van der Waals surface area contributed by atoms with Crippen LogP contribution in [-0.2, 0) is 16.2 Å². The van der Waals surface area contributed by atoms with Crippen LogP contribution < -0.4 is 10.3 Å². The highest BCUT2D eigenvalue weighted by molar-refractivity contribution is 9.10. The van der Waals surface area contributed by atoms with E-state index in [0.29, 0.717) is 10.5 Å². The first kappa shape index (κ1) is 18.5. The molecule has 0 atom stereocenters. The van der Waals surface area contributed by atoms with Crippen molar-refractivity contribution in [2.45, 2.75) is 11.1 Å². The molecule has 0 saturated carbocycles. The molecule has 0 spiro atoms. The summed E-state index contributed by atoms with van der Waals surface area (Å²) in [5.41, 5.74) is -1.99. The molecule has 2 N–H and O–H groups in total. The molecule has 3 rings (SSSR count). The Morgan fingerprint density at radius 3 is 2.38 bits per heavy atom. The predicted octanol–water partition coefficient (Wildman–Crippen LogP) is 4.11. The molecule has 0 aliphatic carbocycles. The Labute approximate surface area is 154 Å². The number of alkyl halides is 3. The molecule has 0 radical (unpaired) electrons. The van der Waals surface area contributed by atoms with E-state index in [9.17, 15) is 26.4 Å². The van der Waals surface area contributed by atoms with E-state index in [1.54, 1.807) is 18.2 Å². The van der Waals surface area contributed by atoms with E-state index in [-0.39, 0.29) is 16.1 Å². The molecule has 0 fully saturated rings. The van der Waals surface area contributed by atoms with Gasteiger partial charge in [-0.3, -0.25) is 9.52 Å². The van der Waals surface area contributed by atoms with Crippen molar-refractivity contribution < 1.29 is 21.6 Å². The Morgan fingerprint density at radius 1 is 1.04 bits per heavy atom. The molecule has 0 bridgehead atoms. The third kappa shape index (κ3) is 3.61. The van der Waals surface area contributed by atoms with E-state index in [1.807, 2.05) is 0 Å². The molecule has 26 heavy (non-hydrogen) atoms. The maximum absolute atomic E-state index is 13.2. The number of pyridine rings is 1. The number of aromatic amines is 1. The standard InChI is InChI=1S/C16H10BrF3N2O3S/c17-12-3-1-2-4-14(12)22-26(24,25)9-5-6-13-10(7-9)11(16(18,19)20)8-15(23)21-13/h1-8,22H,(H,21,23). The lowest BCUT2D eigenvalue weighted by Crippen LogP contribution is -2.16. The molecule has 0 aliphatic rings. The Hall–Kier alpha value is -2.33. The molecule has 136 valence electrons. The number of hydrogen-bond acceptors (Lipinski definition) is 3. The van der Waals surface area contributed by atoms with Crippen LogP contribution in [0.2, 0.25) is 0 Å². The van der Waals surface area contributed by atoms with Gasteiger partial charge < -0.3 is 4.98 Å². The van der Waals surface area contributed by atoms with Crippen LogP contribution in [0.25, 0.3) is 10.9 Å². The van der Waals surface area contributed by atoms with Gasteiger partial charge >= 0.3 is 6.18 Å². The first-order valence-electron chi connectivity index (χ1n) is 7.09. The molecule has 2 aromatic carbocycles. The number of para-hydroxylation sites is 1. The number of benzene rings is 2. The monoisotopic (exact) mass is 446 g/mol. The molecule has 0 unspecified atom stereocenters. The van der Waals surface area contributed by atoms with Crippen LogP contribution in [0.15, 0.2) is 62.7 Å². The molecule has 3 aromatic rings. The van der Waals surface area contributed by atoms with Crippen molar-refractivity contribution >= 4 is 42.5 Å². The highest BCUT2D eigenvalue weighted by Gasteiger charge is 2.33. The molecular formula is C16H10BrF3N2O3S. The van der Waals surface area contributed by atoms with E-state index in [2.05, 4.69) is 25.6 Å². The van der Waals surface area contributed by atoms with Gasteiger partial charge in [-0.2, -0.15) is 13.2 Å². The van der Waals surface area contributed by atoms with Crippen LogP contribution in [0.4, 0.5) is 18.9 Å². The maximum Gasteiger partial charge on any atom is 0.417 e. The summed E-state index contributed by atoms with van der Waals surface area (Å²) in [4.78, 5) is 13.3. The number of fused-ring (bicyclic) bond motifs is 1. The van der Waals surface area contributed by atoms with Gasteiger partial charge in [0.1, 0.15) is 0 Å². The van der Waals surface area contributed by atoms with Crippen molar-refractivity contribution in [3.8, 4) is 0 Å². The molecule has 0 amide bonds. The minimum atomic E-state index is -4.80. The predicted molar refractivity (Wildman–Crippen MR) is 94.5 cm³/mol. The SMILES string of the molecule is O=c1cc(C(F)(F)F)c2cc(S(=O)(=O)Nc3ccccc3Br)ccc2[nH]1. The van der Waals surface area contributed by atoms with Gasteiger partial charge in [-0.25, -0.2) is 8.42 Å². The van der Waals surface area contributed by atoms with Crippen molar-refractivity contribution in [1.82, 2.24) is 4.98 Å². The summed E-state index contributed by atoms with van der Waals surface area (Å²) in [7, 11) is -4.14. The van der Waals surface area contributed by atoms with Gasteiger partial charge in [0.05, 0.1) is 16.1 Å².